The molecule has 0 saturated carbocycles. The molecule has 3 nitrogen and oxygen atoms in total. The Morgan fingerprint density at radius 1 is 1.05 bits per heavy atom. The van der Waals surface area contributed by atoms with Gasteiger partial charge in [-0.05, 0) is 11.6 Å². The number of hydrogen-bond acceptors (Lipinski definition) is 4. The summed E-state index contributed by atoms with van der Waals surface area (Å²) >= 11 is 1.69. The zero-order chi connectivity index (χ0) is 13.8. The monoisotopic (exact) mass is 281 g/mol. The molecule has 2 aromatic heterocycles. The lowest BCUT2D eigenvalue weighted by molar-refractivity contribution is 1.08. The zero-order valence-electron chi connectivity index (χ0n) is 11.0. The Morgan fingerprint density at radius 3 is 2.60 bits per heavy atom. The zero-order valence-corrected chi connectivity index (χ0v) is 11.8. The number of nitrogens with zero attached hydrogens (tertiary/aromatic N) is 2. The van der Waals surface area contributed by atoms with Crippen molar-refractivity contribution in [1.82, 2.24) is 9.97 Å². The van der Waals surface area contributed by atoms with Crippen molar-refractivity contribution in [3.8, 4) is 11.3 Å². The van der Waals surface area contributed by atoms with E-state index in [1.807, 2.05) is 30.5 Å². The van der Waals surface area contributed by atoms with Crippen molar-refractivity contribution in [1.29, 1.82) is 0 Å². The molecule has 0 atom stereocenters. The fourth-order valence-corrected chi connectivity index (χ4v) is 3.12. The van der Waals surface area contributed by atoms with E-state index in [-0.39, 0.29) is 0 Å². The van der Waals surface area contributed by atoms with Gasteiger partial charge in [0, 0.05) is 35.8 Å². The lowest BCUT2D eigenvalue weighted by Crippen LogP contribution is -1.95. The summed E-state index contributed by atoms with van der Waals surface area (Å²) < 4.78 is 0. The molecule has 0 spiro atoms. The van der Waals surface area contributed by atoms with Gasteiger partial charge in [-0.2, -0.15) is 0 Å². The van der Waals surface area contributed by atoms with Gasteiger partial charge in [0.15, 0.2) is 0 Å². The molecule has 0 unspecified atom stereocenters. The van der Waals surface area contributed by atoms with Crippen LogP contribution in [0.3, 0.4) is 0 Å². The van der Waals surface area contributed by atoms with E-state index in [1.165, 1.54) is 5.56 Å². The van der Waals surface area contributed by atoms with Gasteiger partial charge >= 0.3 is 0 Å². The van der Waals surface area contributed by atoms with E-state index >= 15 is 0 Å². The molecule has 4 heteroatoms. The van der Waals surface area contributed by atoms with Crippen LogP contribution >= 0.6 is 11.3 Å². The van der Waals surface area contributed by atoms with E-state index in [2.05, 4.69) is 23.2 Å². The Balaban J connectivity index is 1.93. The Bertz CT molecular complexity index is 677. The minimum absolute atomic E-state index is 0.523. The molecule has 20 heavy (non-hydrogen) atoms. The van der Waals surface area contributed by atoms with Gasteiger partial charge in [0.1, 0.15) is 0 Å². The first-order valence-corrected chi connectivity index (χ1v) is 7.31. The molecule has 0 amide bonds. The maximum absolute atomic E-state index is 5.85. The Labute approximate surface area is 122 Å². The molecule has 2 heterocycles. The predicted molar refractivity (Wildman–Crippen MR) is 82.5 cm³/mol. The molecule has 100 valence electrons. The molecule has 3 aromatic rings. The van der Waals surface area contributed by atoms with Gasteiger partial charge in [-0.3, -0.25) is 4.98 Å². The summed E-state index contributed by atoms with van der Waals surface area (Å²) in [6, 6.07) is 14.2. The standard InChI is InChI=1S/C16H15N3S/c17-10-14-16(13-6-2-1-3-7-13)19-15(20-14)9-12-5-4-8-18-11-12/h1-8,11H,9-10,17H2. The van der Waals surface area contributed by atoms with Gasteiger partial charge < -0.3 is 5.73 Å². The largest absolute Gasteiger partial charge is 0.326 e. The lowest BCUT2D eigenvalue weighted by Gasteiger charge is -1.98. The van der Waals surface area contributed by atoms with Gasteiger partial charge in [0.2, 0.25) is 0 Å². The summed E-state index contributed by atoms with van der Waals surface area (Å²) in [5.74, 6) is 0. The number of aromatic nitrogens is 2. The van der Waals surface area contributed by atoms with Crippen LogP contribution in [0.2, 0.25) is 0 Å². The van der Waals surface area contributed by atoms with Crippen molar-refractivity contribution in [2.75, 3.05) is 0 Å². The van der Waals surface area contributed by atoms with Crippen LogP contribution in [-0.2, 0) is 13.0 Å². The van der Waals surface area contributed by atoms with E-state index in [4.69, 9.17) is 10.7 Å². The van der Waals surface area contributed by atoms with Gasteiger partial charge in [-0.15, -0.1) is 11.3 Å². The average Bonchev–Trinajstić information content (AvgIpc) is 2.92. The fraction of sp³-hybridized carbons (Fsp3) is 0.125. The molecule has 0 aliphatic rings. The molecule has 0 aliphatic heterocycles. The average molecular weight is 281 g/mol. The van der Waals surface area contributed by atoms with E-state index in [0.29, 0.717) is 6.54 Å². The Morgan fingerprint density at radius 2 is 1.90 bits per heavy atom. The smallest absolute Gasteiger partial charge is 0.0980 e. The first-order valence-electron chi connectivity index (χ1n) is 6.50. The van der Waals surface area contributed by atoms with Gasteiger partial charge in [0.05, 0.1) is 10.7 Å². The first kappa shape index (κ1) is 13.0. The minimum atomic E-state index is 0.523. The maximum Gasteiger partial charge on any atom is 0.0980 e. The molecule has 3 rings (SSSR count). The summed E-state index contributed by atoms with van der Waals surface area (Å²) in [6.45, 7) is 0.523. The highest BCUT2D eigenvalue weighted by atomic mass is 32.1. The minimum Gasteiger partial charge on any atom is -0.326 e. The first-order chi connectivity index (χ1) is 9.86. The normalized spacial score (nSPS) is 10.7. The van der Waals surface area contributed by atoms with Crippen LogP contribution in [0.5, 0.6) is 0 Å². The second-order valence-electron chi connectivity index (χ2n) is 4.49. The van der Waals surface area contributed by atoms with Crippen LogP contribution < -0.4 is 5.73 Å². The van der Waals surface area contributed by atoms with Crippen LogP contribution in [0.15, 0.2) is 54.9 Å². The third-order valence-electron chi connectivity index (χ3n) is 3.05. The van der Waals surface area contributed by atoms with Crippen LogP contribution in [0.4, 0.5) is 0 Å². The van der Waals surface area contributed by atoms with Gasteiger partial charge in [0.25, 0.3) is 0 Å². The van der Waals surface area contributed by atoms with Crippen molar-refractivity contribution in [3.05, 3.63) is 70.3 Å². The number of hydrogen-bond donors (Lipinski definition) is 1. The van der Waals surface area contributed by atoms with Crippen molar-refractivity contribution in [2.24, 2.45) is 5.73 Å². The fourth-order valence-electron chi connectivity index (χ4n) is 2.11. The summed E-state index contributed by atoms with van der Waals surface area (Å²) in [7, 11) is 0. The highest BCUT2D eigenvalue weighted by Crippen LogP contribution is 2.28. The van der Waals surface area contributed by atoms with Crippen molar-refractivity contribution < 1.29 is 0 Å². The molecule has 0 bridgehead atoms. The summed E-state index contributed by atoms with van der Waals surface area (Å²) in [5.41, 5.74) is 9.16. The predicted octanol–water partition coefficient (Wildman–Crippen LogP) is 3.25. The molecule has 0 fully saturated rings. The topological polar surface area (TPSA) is 51.8 Å². The van der Waals surface area contributed by atoms with Crippen LogP contribution in [0.1, 0.15) is 15.4 Å². The SMILES string of the molecule is NCc1sc(Cc2cccnc2)nc1-c1ccccc1. The van der Waals surface area contributed by atoms with E-state index < -0.39 is 0 Å². The molecule has 0 saturated heterocycles. The molecule has 2 N–H and O–H groups in total. The maximum atomic E-state index is 5.85. The van der Waals surface area contributed by atoms with E-state index in [9.17, 15) is 0 Å². The van der Waals surface area contributed by atoms with Crippen molar-refractivity contribution >= 4 is 11.3 Å². The lowest BCUT2D eigenvalue weighted by atomic mass is 10.1. The number of rotatable bonds is 4. The molecular formula is C16H15N3S. The molecular weight excluding hydrogens is 266 g/mol. The highest BCUT2D eigenvalue weighted by Gasteiger charge is 2.12. The quantitative estimate of drug-likeness (QED) is 0.798. The Hall–Kier alpha value is -2.04. The summed E-state index contributed by atoms with van der Waals surface area (Å²) in [5, 5.41) is 1.08. The summed E-state index contributed by atoms with van der Waals surface area (Å²) in [6.07, 6.45) is 4.47. The summed E-state index contributed by atoms with van der Waals surface area (Å²) in [4.78, 5) is 10.0. The van der Waals surface area contributed by atoms with Gasteiger partial charge in [-0.1, -0.05) is 36.4 Å². The second kappa shape index (κ2) is 5.94. The highest BCUT2D eigenvalue weighted by molar-refractivity contribution is 7.12. The van der Waals surface area contributed by atoms with Crippen LogP contribution in [0, 0.1) is 0 Å². The number of pyridine rings is 1. The van der Waals surface area contributed by atoms with Crippen molar-refractivity contribution in [3.63, 3.8) is 0 Å². The van der Waals surface area contributed by atoms with Gasteiger partial charge in [-0.25, -0.2) is 4.98 Å². The van der Waals surface area contributed by atoms with Crippen molar-refractivity contribution in [2.45, 2.75) is 13.0 Å². The van der Waals surface area contributed by atoms with E-state index in [0.717, 1.165) is 27.6 Å². The molecule has 1 aromatic carbocycles. The third-order valence-corrected chi connectivity index (χ3v) is 4.13. The van der Waals surface area contributed by atoms with E-state index in [1.54, 1.807) is 17.5 Å². The van der Waals surface area contributed by atoms with Crippen LogP contribution in [-0.4, -0.2) is 9.97 Å². The van der Waals surface area contributed by atoms with Crippen LogP contribution in [0.25, 0.3) is 11.3 Å². The second-order valence-corrected chi connectivity index (χ2v) is 5.66. The molecule has 0 radical (unpaired) electrons. The third kappa shape index (κ3) is 2.76. The number of benzene rings is 1. The number of nitrogens with two attached hydrogens (primary N) is 1. The molecule has 0 aliphatic carbocycles. The Kier molecular flexibility index (Phi) is 3.85. The number of thiazole rings is 1.